The SMILES string of the molecule is C=CC(=O)N1C[C@@H]2CN(CCN3C[C@H]4CC(=O)N(c5cc(C(F)(F)F)cc(C)n5)[C@@H]4C(=O)N(C)c4cccc(F)c43)CCN2[C@H](C)C1. The molecule has 2 aromatic rings. The molecule has 5 heterocycles. The van der Waals surface area contributed by atoms with Gasteiger partial charge in [-0.2, -0.15) is 13.2 Å². The number of hydrogen-bond donors (Lipinski definition) is 0. The van der Waals surface area contributed by atoms with Gasteiger partial charge in [0.2, 0.25) is 17.7 Å². The van der Waals surface area contributed by atoms with Gasteiger partial charge < -0.3 is 14.7 Å². The summed E-state index contributed by atoms with van der Waals surface area (Å²) in [6.07, 6.45) is -3.43. The smallest absolute Gasteiger partial charge is 0.366 e. The maximum absolute atomic E-state index is 15.6. The van der Waals surface area contributed by atoms with Crippen LogP contribution in [0, 0.1) is 18.7 Å². The van der Waals surface area contributed by atoms with Gasteiger partial charge in [0.05, 0.1) is 16.9 Å². The van der Waals surface area contributed by atoms with Gasteiger partial charge in [-0.15, -0.1) is 0 Å². The van der Waals surface area contributed by atoms with Crippen LogP contribution in [-0.4, -0.2) is 115 Å². The van der Waals surface area contributed by atoms with Crippen LogP contribution in [0.1, 0.15) is 24.6 Å². The number of hydrogen-bond acceptors (Lipinski definition) is 7. The fraction of sp³-hybridized carbons (Fsp3) is 0.515. The number of para-hydroxylation sites is 1. The molecule has 0 N–H and O–H groups in total. The maximum Gasteiger partial charge on any atom is 0.416 e. The summed E-state index contributed by atoms with van der Waals surface area (Å²) >= 11 is 0. The lowest BCUT2D eigenvalue weighted by molar-refractivity contribution is -0.137. The summed E-state index contributed by atoms with van der Waals surface area (Å²) in [4.78, 5) is 54.9. The van der Waals surface area contributed by atoms with Gasteiger partial charge in [-0.1, -0.05) is 12.6 Å². The van der Waals surface area contributed by atoms with Gasteiger partial charge in [0, 0.05) is 89.5 Å². The van der Waals surface area contributed by atoms with E-state index in [2.05, 4.69) is 28.3 Å². The van der Waals surface area contributed by atoms with E-state index in [0.29, 0.717) is 38.4 Å². The highest BCUT2D eigenvalue weighted by Crippen LogP contribution is 2.41. The largest absolute Gasteiger partial charge is 0.416 e. The maximum atomic E-state index is 15.6. The number of carbonyl (C=O) groups is 3. The van der Waals surface area contributed by atoms with Crippen LogP contribution in [0.25, 0.3) is 0 Å². The van der Waals surface area contributed by atoms with E-state index in [1.807, 2.05) is 9.80 Å². The zero-order chi connectivity index (χ0) is 33.8. The van der Waals surface area contributed by atoms with Crippen molar-refractivity contribution in [3.05, 3.63) is 60.1 Å². The third-order valence-corrected chi connectivity index (χ3v) is 9.89. The zero-order valence-electron chi connectivity index (χ0n) is 26.7. The van der Waals surface area contributed by atoms with Crippen molar-refractivity contribution in [2.24, 2.45) is 5.92 Å². The molecule has 0 bridgehead atoms. The van der Waals surface area contributed by atoms with Crippen LogP contribution in [0.15, 0.2) is 43.0 Å². The minimum Gasteiger partial charge on any atom is -0.366 e. The molecular formula is C33H39F4N7O3. The predicted molar refractivity (Wildman–Crippen MR) is 169 cm³/mol. The van der Waals surface area contributed by atoms with Crippen molar-refractivity contribution < 1.29 is 31.9 Å². The topological polar surface area (TPSA) is 83.5 Å². The molecule has 14 heteroatoms. The average molecular weight is 658 g/mol. The molecule has 0 aliphatic carbocycles. The van der Waals surface area contributed by atoms with Crippen LogP contribution in [0.3, 0.4) is 0 Å². The molecule has 4 aliphatic rings. The molecule has 47 heavy (non-hydrogen) atoms. The normalized spacial score (nSPS) is 25.7. The summed E-state index contributed by atoms with van der Waals surface area (Å²) in [7, 11) is 1.49. The highest BCUT2D eigenvalue weighted by molar-refractivity contribution is 6.10. The van der Waals surface area contributed by atoms with Gasteiger partial charge in [0.1, 0.15) is 17.7 Å². The molecule has 3 amide bonds. The van der Waals surface area contributed by atoms with Gasteiger partial charge in [-0.25, -0.2) is 9.37 Å². The van der Waals surface area contributed by atoms with E-state index >= 15 is 4.39 Å². The fourth-order valence-corrected chi connectivity index (χ4v) is 7.67. The fourth-order valence-electron chi connectivity index (χ4n) is 7.67. The van der Waals surface area contributed by atoms with Crippen LogP contribution >= 0.6 is 0 Å². The Morgan fingerprint density at radius 3 is 2.57 bits per heavy atom. The Morgan fingerprint density at radius 2 is 1.85 bits per heavy atom. The first-order valence-corrected chi connectivity index (χ1v) is 15.8. The Hall–Kier alpha value is -4.04. The molecule has 10 nitrogen and oxygen atoms in total. The third kappa shape index (κ3) is 6.20. The number of nitrogens with zero attached hydrogens (tertiary/aromatic N) is 7. The van der Waals surface area contributed by atoms with Gasteiger partial charge in [0.25, 0.3) is 0 Å². The van der Waals surface area contributed by atoms with Crippen LogP contribution < -0.4 is 14.7 Å². The number of fused-ring (bicyclic) bond motifs is 3. The third-order valence-electron chi connectivity index (χ3n) is 9.89. The molecule has 3 saturated heterocycles. The van der Waals surface area contributed by atoms with Crippen molar-refractivity contribution in [2.75, 3.05) is 74.1 Å². The molecule has 0 spiro atoms. The second-order valence-corrected chi connectivity index (χ2v) is 13.0. The minimum absolute atomic E-state index is 0.0659. The molecule has 4 atom stereocenters. The Kier molecular flexibility index (Phi) is 8.77. The summed E-state index contributed by atoms with van der Waals surface area (Å²) < 4.78 is 56.8. The molecule has 252 valence electrons. The highest BCUT2D eigenvalue weighted by Gasteiger charge is 2.49. The van der Waals surface area contributed by atoms with E-state index in [4.69, 9.17) is 0 Å². The lowest BCUT2D eigenvalue weighted by Crippen LogP contribution is -2.66. The zero-order valence-corrected chi connectivity index (χ0v) is 26.7. The number of anilines is 3. The van der Waals surface area contributed by atoms with E-state index in [0.717, 1.165) is 30.1 Å². The second kappa shape index (κ2) is 12.5. The first kappa shape index (κ1) is 32.9. The van der Waals surface area contributed by atoms with Crippen LogP contribution in [-0.2, 0) is 20.6 Å². The Morgan fingerprint density at radius 1 is 1.09 bits per heavy atom. The number of benzene rings is 1. The van der Waals surface area contributed by atoms with E-state index in [9.17, 15) is 27.6 Å². The number of amides is 3. The van der Waals surface area contributed by atoms with Crippen molar-refractivity contribution >= 4 is 34.9 Å². The number of piperazine rings is 2. The molecule has 3 fully saturated rings. The van der Waals surface area contributed by atoms with Crippen molar-refractivity contribution in [1.29, 1.82) is 0 Å². The molecule has 0 radical (unpaired) electrons. The molecule has 0 unspecified atom stereocenters. The first-order valence-electron chi connectivity index (χ1n) is 15.8. The molecule has 6 rings (SSSR count). The lowest BCUT2D eigenvalue weighted by Gasteiger charge is -2.50. The van der Waals surface area contributed by atoms with Gasteiger partial charge >= 0.3 is 6.18 Å². The predicted octanol–water partition coefficient (Wildman–Crippen LogP) is 3.16. The van der Waals surface area contributed by atoms with Gasteiger partial charge in [-0.3, -0.25) is 29.1 Å². The molecule has 4 aliphatic heterocycles. The van der Waals surface area contributed by atoms with Crippen LogP contribution in [0.2, 0.25) is 0 Å². The van der Waals surface area contributed by atoms with Crippen LogP contribution in [0.5, 0.6) is 0 Å². The Labute approximate surface area is 271 Å². The average Bonchev–Trinajstić information content (AvgIpc) is 3.35. The second-order valence-electron chi connectivity index (χ2n) is 13.0. The number of rotatable bonds is 5. The molecular weight excluding hydrogens is 618 g/mol. The number of aromatic nitrogens is 1. The van der Waals surface area contributed by atoms with Gasteiger partial charge in [0.15, 0.2) is 0 Å². The summed E-state index contributed by atoms with van der Waals surface area (Å²) in [6.45, 7) is 11.8. The van der Waals surface area contributed by atoms with E-state index in [-0.39, 0.29) is 48.2 Å². The van der Waals surface area contributed by atoms with E-state index in [1.54, 1.807) is 6.07 Å². The molecule has 1 aromatic heterocycles. The van der Waals surface area contributed by atoms with Crippen molar-refractivity contribution in [3.8, 4) is 0 Å². The summed E-state index contributed by atoms with van der Waals surface area (Å²) in [5.41, 5.74) is -0.337. The number of likely N-dealkylation sites (N-methyl/N-ethyl adjacent to an activating group) is 1. The van der Waals surface area contributed by atoms with Crippen LogP contribution in [0.4, 0.5) is 34.8 Å². The van der Waals surface area contributed by atoms with E-state index in [1.165, 1.54) is 37.1 Å². The lowest BCUT2D eigenvalue weighted by atomic mass is 9.95. The summed E-state index contributed by atoms with van der Waals surface area (Å²) in [5, 5.41) is 0. The van der Waals surface area contributed by atoms with Crippen molar-refractivity contribution in [2.45, 2.75) is 44.6 Å². The first-order chi connectivity index (χ1) is 22.3. The number of aryl methyl sites for hydroxylation is 1. The summed E-state index contributed by atoms with van der Waals surface area (Å²) in [6, 6.07) is 5.38. The molecule has 0 saturated carbocycles. The standard InChI is InChI=1S/C33H39F4N7O3/c1-5-28(45)42-16-21(3)43-12-10-40(18-24(43)19-42)9-11-41-17-22-14-29(46)44(27-15-23(33(35,36)37)13-20(2)38-27)30(22)32(47)39(4)26-8-6-7-25(34)31(26)41/h5-8,13,15,21-22,24,30H,1,9-12,14,16-19H2,2-4H3/t21-,22-,24+,30+/m1/s1. The Bertz CT molecular complexity index is 1590. The number of pyridine rings is 1. The molecule has 1 aromatic carbocycles. The summed E-state index contributed by atoms with van der Waals surface area (Å²) in [5.74, 6) is -2.50. The quantitative estimate of drug-likeness (QED) is 0.361. The van der Waals surface area contributed by atoms with Gasteiger partial charge in [-0.05, 0) is 44.2 Å². The number of carbonyl (C=O) groups excluding carboxylic acids is 3. The van der Waals surface area contributed by atoms with Crippen molar-refractivity contribution in [1.82, 2.24) is 19.7 Å². The number of halogens is 4. The van der Waals surface area contributed by atoms with Crippen molar-refractivity contribution in [3.63, 3.8) is 0 Å². The highest BCUT2D eigenvalue weighted by atomic mass is 19.4. The van der Waals surface area contributed by atoms with E-state index < -0.39 is 41.3 Å². The Balaban J connectivity index is 1.28. The number of alkyl halides is 3. The monoisotopic (exact) mass is 657 g/mol. The minimum atomic E-state index is -4.67.